The van der Waals surface area contributed by atoms with Gasteiger partial charge in [0.15, 0.2) is 11.6 Å². The van der Waals surface area contributed by atoms with Crippen LogP contribution in [0.5, 0.6) is 17.2 Å². The fourth-order valence-electron chi connectivity index (χ4n) is 8.12. The number of carbonyl (C=O) groups is 1. The summed E-state index contributed by atoms with van der Waals surface area (Å²) in [5.74, 6) is -2.14. The number of halogens is 3. The van der Waals surface area contributed by atoms with Crippen molar-refractivity contribution in [2.24, 2.45) is 0 Å². The molecule has 1 aliphatic carbocycles. The molecule has 3 aliphatic heterocycles. The first kappa shape index (κ1) is 37.3. The molecule has 286 valence electrons. The molecule has 0 atom stereocenters. The third-order valence-corrected chi connectivity index (χ3v) is 11.0. The van der Waals surface area contributed by atoms with Crippen LogP contribution < -0.4 is 14.4 Å². The van der Waals surface area contributed by atoms with Crippen LogP contribution in [0.15, 0.2) is 43.0 Å². The molecule has 7 rings (SSSR count). The van der Waals surface area contributed by atoms with Crippen molar-refractivity contribution in [2.45, 2.75) is 95.6 Å². The van der Waals surface area contributed by atoms with E-state index < -0.39 is 36.5 Å². The second kappa shape index (κ2) is 15.4. The van der Waals surface area contributed by atoms with Gasteiger partial charge in [0.05, 0.1) is 17.4 Å². The van der Waals surface area contributed by atoms with E-state index in [1.165, 1.54) is 35.1 Å². The van der Waals surface area contributed by atoms with Crippen LogP contribution in [0.25, 0.3) is 0 Å². The maximum atomic E-state index is 14.5. The summed E-state index contributed by atoms with van der Waals surface area (Å²) in [7, 11) is 1.79. The number of nitrogens with zero attached hydrogens (tertiary/aromatic N) is 7. The number of amides is 1. The number of alkyl halides is 2. The average molecular weight is 738 g/mol. The fraction of sp³-hybridized carbons (Fsp3) is 0.590. The number of carbonyl (C=O) groups excluding carboxylic acids is 1. The lowest BCUT2D eigenvalue weighted by Crippen LogP contribution is -2.61. The van der Waals surface area contributed by atoms with Crippen LogP contribution in [0.1, 0.15) is 74.5 Å². The molecular formula is C39H50F3N7O4. The lowest BCUT2D eigenvalue weighted by molar-refractivity contribution is -0.120. The lowest BCUT2D eigenvalue weighted by atomic mass is 9.85. The van der Waals surface area contributed by atoms with Gasteiger partial charge in [0.25, 0.3) is 11.8 Å². The van der Waals surface area contributed by atoms with Gasteiger partial charge < -0.3 is 24.0 Å². The predicted molar refractivity (Wildman–Crippen MR) is 193 cm³/mol. The zero-order valence-electron chi connectivity index (χ0n) is 31.1. The average Bonchev–Trinajstić information content (AvgIpc) is 3.11. The van der Waals surface area contributed by atoms with Gasteiger partial charge in [-0.3, -0.25) is 19.6 Å². The fourth-order valence-corrected chi connectivity index (χ4v) is 8.12. The molecule has 0 unspecified atom stereocenters. The van der Waals surface area contributed by atoms with Crippen molar-refractivity contribution in [1.29, 1.82) is 0 Å². The summed E-state index contributed by atoms with van der Waals surface area (Å²) in [6.07, 6.45) is 7.46. The molecule has 0 spiro atoms. The molecule has 2 aromatic heterocycles. The number of anilines is 1. The maximum absolute atomic E-state index is 14.5. The van der Waals surface area contributed by atoms with Gasteiger partial charge in [-0.15, -0.1) is 0 Å². The highest BCUT2D eigenvalue weighted by molar-refractivity contribution is 5.97. The highest BCUT2D eigenvalue weighted by Crippen LogP contribution is 2.43. The van der Waals surface area contributed by atoms with Crippen molar-refractivity contribution in [3.63, 3.8) is 0 Å². The second-order valence-electron chi connectivity index (χ2n) is 15.5. The maximum Gasteiger partial charge on any atom is 0.258 e. The third-order valence-electron chi connectivity index (χ3n) is 11.0. The summed E-state index contributed by atoms with van der Waals surface area (Å²) in [5, 5.41) is 0. The van der Waals surface area contributed by atoms with E-state index in [2.05, 4.69) is 36.6 Å². The molecule has 3 fully saturated rings. The van der Waals surface area contributed by atoms with Gasteiger partial charge in [0, 0.05) is 108 Å². The van der Waals surface area contributed by atoms with Crippen LogP contribution in [0.4, 0.5) is 19.0 Å². The van der Waals surface area contributed by atoms with Crippen molar-refractivity contribution < 1.29 is 32.2 Å². The minimum atomic E-state index is -2.81. The summed E-state index contributed by atoms with van der Waals surface area (Å²) in [5.41, 5.74) is 2.24. The molecule has 4 aliphatic rings. The normalized spacial score (nSPS) is 20.4. The van der Waals surface area contributed by atoms with Gasteiger partial charge >= 0.3 is 0 Å². The van der Waals surface area contributed by atoms with E-state index in [0.717, 1.165) is 82.5 Å². The number of ether oxygens (including phenoxy) is 3. The number of aromatic nitrogens is 3. The molecule has 3 aromatic rings. The Labute approximate surface area is 309 Å². The first-order valence-corrected chi connectivity index (χ1v) is 18.8. The summed E-state index contributed by atoms with van der Waals surface area (Å²) in [6.45, 7) is 12.8. The largest absolute Gasteiger partial charge is 0.490 e. The Balaban J connectivity index is 0.971. The van der Waals surface area contributed by atoms with Crippen molar-refractivity contribution in [2.75, 3.05) is 57.8 Å². The summed E-state index contributed by atoms with van der Waals surface area (Å²) in [4.78, 5) is 35.6. The molecule has 14 heteroatoms. The number of benzene rings is 1. The van der Waals surface area contributed by atoms with Crippen LogP contribution in [0, 0.1) is 5.82 Å². The van der Waals surface area contributed by atoms with E-state index in [4.69, 9.17) is 14.2 Å². The first-order chi connectivity index (χ1) is 25.4. The molecule has 5 heterocycles. The molecule has 0 bridgehead atoms. The van der Waals surface area contributed by atoms with Gasteiger partial charge in [-0.2, -0.15) is 0 Å². The SMILES string of the molecule is COC1(C)CN(CCCN2CCc3nccc(OC4CCN(c5ncncc5Oc5ccc(F)cc5C(=O)N(C(C)C)C5CC(F)(F)C5)CC4)c3C2)C1. The molecule has 0 N–H and O–H groups in total. The molecule has 53 heavy (non-hydrogen) atoms. The summed E-state index contributed by atoms with van der Waals surface area (Å²) in [6, 6.07) is 4.65. The standard InChI is InChI=1S/C39H50F3N7O4/c1-26(2)49(28-19-39(41,42)20-28)37(50)30-18-27(40)6-7-33(30)53-35-21-43-25-45-36(35)48-16-9-29(10-17-48)52-34-8-12-44-32-11-15-46(22-31(32)34)13-5-14-47-23-38(3,24-47)51-4/h6-8,12,18,21,25-26,28-29H,5,9-11,13-17,19-20,22-24H2,1-4H3. The summed E-state index contributed by atoms with van der Waals surface area (Å²) < 4.78 is 60.6. The van der Waals surface area contributed by atoms with Crippen molar-refractivity contribution in [1.82, 2.24) is 29.7 Å². The van der Waals surface area contributed by atoms with Crippen LogP contribution in [0.2, 0.25) is 0 Å². The Hall–Kier alpha value is -4.01. The highest BCUT2D eigenvalue weighted by Gasteiger charge is 2.50. The smallest absolute Gasteiger partial charge is 0.258 e. The first-order valence-electron chi connectivity index (χ1n) is 18.8. The summed E-state index contributed by atoms with van der Waals surface area (Å²) >= 11 is 0. The van der Waals surface area contributed by atoms with E-state index in [0.29, 0.717) is 24.7 Å². The quantitative estimate of drug-likeness (QED) is 0.209. The van der Waals surface area contributed by atoms with Gasteiger partial charge in [0.2, 0.25) is 0 Å². The van der Waals surface area contributed by atoms with E-state index in [-0.39, 0.29) is 29.1 Å². The number of hydrogen-bond acceptors (Lipinski definition) is 10. The van der Waals surface area contributed by atoms with Crippen molar-refractivity contribution in [3.05, 3.63) is 65.6 Å². The molecule has 1 amide bonds. The Morgan fingerprint density at radius 3 is 2.49 bits per heavy atom. The van der Waals surface area contributed by atoms with Crippen LogP contribution in [-0.4, -0.2) is 118 Å². The number of pyridine rings is 1. The molecule has 11 nitrogen and oxygen atoms in total. The van der Waals surface area contributed by atoms with Gasteiger partial charge in [-0.25, -0.2) is 23.1 Å². The second-order valence-corrected chi connectivity index (χ2v) is 15.5. The van der Waals surface area contributed by atoms with Crippen LogP contribution in [-0.2, 0) is 17.7 Å². The van der Waals surface area contributed by atoms with E-state index >= 15 is 0 Å². The number of rotatable bonds is 13. The van der Waals surface area contributed by atoms with Gasteiger partial charge in [-0.05, 0) is 64.5 Å². The number of likely N-dealkylation sites (tertiary alicyclic amines) is 1. The van der Waals surface area contributed by atoms with Gasteiger partial charge in [-0.1, -0.05) is 0 Å². The van der Waals surface area contributed by atoms with Crippen molar-refractivity contribution in [3.8, 4) is 17.2 Å². The monoisotopic (exact) mass is 737 g/mol. The Morgan fingerprint density at radius 2 is 1.77 bits per heavy atom. The van der Waals surface area contributed by atoms with E-state index in [1.807, 2.05) is 12.3 Å². The molecule has 2 saturated heterocycles. The molecule has 0 radical (unpaired) electrons. The Bertz CT molecular complexity index is 1760. The third kappa shape index (κ3) is 8.39. The number of piperidine rings is 1. The predicted octanol–water partition coefficient (Wildman–Crippen LogP) is 5.97. The van der Waals surface area contributed by atoms with Crippen molar-refractivity contribution >= 4 is 11.7 Å². The molecular weight excluding hydrogens is 687 g/mol. The zero-order valence-corrected chi connectivity index (χ0v) is 31.1. The lowest BCUT2D eigenvalue weighted by Gasteiger charge is -2.47. The number of methoxy groups -OCH3 is 1. The number of fused-ring (bicyclic) bond motifs is 1. The number of hydrogen-bond donors (Lipinski definition) is 0. The highest BCUT2D eigenvalue weighted by atomic mass is 19.3. The zero-order chi connectivity index (χ0) is 37.3. The van der Waals surface area contributed by atoms with Gasteiger partial charge in [0.1, 0.15) is 29.7 Å². The minimum Gasteiger partial charge on any atom is -0.490 e. The molecule has 1 saturated carbocycles. The van der Waals surface area contributed by atoms with Crippen LogP contribution in [0.3, 0.4) is 0 Å². The minimum absolute atomic E-state index is 0.00258. The van der Waals surface area contributed by atoms with E-state index in [9.17, 15) is 18.0 Å². The Morgan fingerprint density at radius 1 is 1.02 bits per heavy atom. The van der Waals surface area contributed by atoms with E-state index in [1.54, 1.807) is 21.0 Å². The molecule has 1 aromatic carbocycles. The topological polar surface area (TPSA) is 96.4 Å². The Kier molecular flexibility index (Phi) is 10.8. The van der Waals surface area contributed by atoms with Crippen LogP contribution >= 0.6 is 0 Å².